The van der Waals surface area contributed by atoms with E-state index in [4.69, 9.17) is 10.5 Å². The number of halogens is 2. The topological polar surface area (TPSA) is 58.8 Å². The average Bonchev–Trinajstić information content (AvgIpc) is 3.37. The van der Waals surface area contributed by atoms with Gasteiger partial charge < -0.3 is 15.4 Å². The first-order valence-electron chi connectivity index (χ1n) is 10.6. The summed E-state index contributed by atoms with van der Waals surface area (Å²) in [6.45, 7) is 5.77. The van der Waals surface area contributed by atoms with Gasteiger partial charge in [0, 0.05) is 44.1 Å². The van der Waals surface area contributed by atoms with E-state index < -0.39 is 0 Å². The van der Waals surface area contributed by atoms with Gasteiger partial charge in [-0.15, -0.1) is 24.8 Å². The number of benzene rings is 1. The van der Waals surface area contributed by atoms with Crippen LogP contribution in [-0.2, 0) is 9.53 Å². The lowest BCUT2D eigenvalue weighted by Gasteiger charge is -2.43. The SMILES string of the molecule is Cl.Cl.NC[C@@H]1CN(C(=O)CC2(N3CCOCC3)CCCC2)C[C@H]1c1ccccc1. The van der Waals surface area contributed by atoms with Crippen LogP contribution in [0.5, 0.6) is 0 Å². The maximum absolute atomic E-state index is 13.3. The Morgan fingerprint density at radius 1 is 1.07 bits per heavy atom. The predicted molar refractivity (Wildman–Crippen MR) is 121 cm³/mol. The number of carbonyl (C=O) groups is 1. The lowest BCUT2D eigenvalue weighted by Crippen LogP contribution is -2.54. The number of hydrogen-bond acceptors (Lipinski definition) is 4. The third kappa shape index (κ3) is 5.26. The molecule has 3 fully saturated rings. The predicted octanol–water partition coefficient (Wildman–Crippen LogP) is 3.07. The second-order valence-electron chi connectivity index (χ2n) is 8.52. The number of nitrogens with zero attached hydrogens (tertiary/aromatic N) is 2. The molecule has 2 heterocycles. The zero-order valence-electron chi connectivity index (χ0n) is 17.1. The third-order valence-electron chi connectivity index (χ3n) is 7.02. The molecule has 0 bridgehead atoms. The normalized spacial score (nSPS) is 26.6. The number of rotatable bonds is 5. The molecule has 4 rings (SSSR count). The molecule has 7 heteroatoms. The molecule has 164 valence electrons. The first kappa shape index (κ1) is 24.4. The molecule has 2 atom stereocenters. The van der Waals surface area contributed by atoms with Crippen LogP contribution in [0.3, 0.4) is 0 Å². The highest BCUT2D eigenvalue weighted by molar-refractivity contribution is 5.85. The highest BCUT2D eigenvalue weighted by atomic mass is 35.5. The summed E-state index contributed by atoms with van der Waals surface area (Å²) >= 11 is 0. The highest BCUT2D eigenvalue weighted by Crippen LogP contribution is 2.40. The number of amides is 1. The Balaban J connectivity index is 0.00000150. The second-order valence-corrected chi connectivity index (χ2v) is 8.52. The Hall–Kier alpha value is -0.850. The van der Waals surface area contributed by atoms with E-state index in [0.717, 1.165) is 52.2 Å². The van der Waals surface area contributed by atoms with Crippen LogP contribution in [0.4, 0.5) is 0 Å². The fourth-order valence-corrected chi connectivity index (χ4v) is 5.46. The molecular weight excluding hydrogens is 409 g/mol. The van der Waals surface area contributed by atoms with Crippen molar-refractivity contribution in [2.45, 2.75) is 43.6 Å². The second kappa shape index (κ2) is 11.0. The molecule has 0 spiro atoms. The third-order valence-corrected chi connectivity index (χ3v) is 7.02. The van der Waals surface area contributed by atoms with Crippen LogP contribution in [0, 0.1) is 5.92 Å². The van der Waals surface area contributed by atoms with Crippen LogP contribution >= 0.6 is 24.8 Å². The fourth-order valence-electron chi connectivity index (χ4n) is 5.46. The maximum atomic E-state index is 13.3. The van der Waals surface area contributed by atoms with Crippen molar-refractivity contribution in [1.29, 1.82) is 0 Å². The van der Waals surface area contributed by atoms with Crippen molar-refractivity contribution in [3.63, 3.8) is 0 Å². The van der Waals surface area contributed by atoms with Crippen molar-refractivity contribution in [2.75, 3.05) is 45.9 Å². The molecule has 1 aromatic rings. The lowest BCUT2D eigenvalue weighted by atomic mass is 9.89. The van der Waals surface area contributed by atoms with Crippen molar-refractivity contribution in [3.8, 4) is 0 Å². The number of ether oxygens (including phenoxy) is 1. The number of morpholine rings is 1. The van der Waals surface area contributed by atoms with E-state index in [1.165, 1.54) is 18.4 Å². The van der Waals surface area contributed by atoms with Gasteiger partial charge in [-0.1, -0.05) is 43.2 Å². The Kier molecular flexibility index (Phi) is 9.23. The molecule has 2 N–H and O–H groups in total. The first-order valence-corrected chi connectivity index (χ1v) is 10.6. The molecule has 2 saturated heterocycles. The standard InChI is InChI=1S/C22H33N3O2.2ClH/c23-15-19-16-24(17-20(19)18-6-2-1-3-7-18)21(26)14-22(8-4-5-9-22)25-10-12-27-13-11-25;;/h1-3,6-7,19-20H,4-5,8-17,23H2;2*1H/t19-,20+;;/m1../s1. The summed E-state index contributed by atoms with van der Waals surface area (Å²) in [4.78, 5) is 18.0. The van der Waals surface area contributed by atoms with Gasteiger partial charge in [-0.25, -0.2) is 0 Å². The monoisotopic (exact) mass is 443 g/mol. The summed E-state index contributed by atoms with van der Waals surface area (Å²) in [5.74, 6) is 1.04. The summed E-state index contributed by atoms with van der Waals surface area (Å²) in [6.07, 6.45) is 5.43. The van der Waals surface area contributed by atoms with Gasteiger partial charge in [0.1, 0.15) is 0 Å². The van der Waals surface area contributed by atoms with Gasteiger partial charge in [0.2, 0.25) is 5.91 Å². The summed E-state index contributed by atoms with van der Waals surface area (Å²) in [5, 5.41) is 0. The number of hydrogen-bond donors (Lipinski definition) is 1. The summed E-state index contributed by atoms with van der Waals surface area (Å²) in [6, 6.07) is 10.6. The molecule has 2 aliphatic heterocycles. The van der Waals surface area contributed by atoms with Crippen molar-refractivity contribution >= 4 is 30.7 Å². The molecule has 1 aromatic carbocycles. The Morgan fingerprint density at radius 3 is 2.34 bits per heavy atom. The molecule has 5 nitrogen and oxygen atoms in total. The van der Waals surface area contributed by atoms with Gasteiger partial charge in [0.25, 0.3) is 0 Å². The highest BCUT2D eigenvalue weighted by Gasteiger charge is 2.44. The molecule has 0 radical (unpaired) electrons. The van der Waals surface area contributed by atoms with Crippen LogP contribution < -0.4 is 5.73 Å². The van der Waals surface area contributed by atoms with E-state index in [2.05, 4.69) is 34.1 Å². The lowest BCUT2D eigenvalue weighted by molar-refractivity contribution is -0.134. The molecule has 0 unspecified atom stereocenters. The van der Waals surface area contributed by atoms with Crippen LogP contribution in [-0.4, -0.2) is 67.2 Å². The summed E-state index contributed by atoms with van der Waals surface area (Å²) in [5.41, 5.74) is 7.44. The van der Waals surface area contributed by atoms with E-state index in [9.17, 15) is 4.79 Å². The first-order chi connectivity index (χ1) is 13.2. The van der Waals surface area contributed by atoms with Crippen LogP contribution in [0.1, 0.15) is 43.6 Å². The maximum Gasteiger partial charge on any atom is 0.224 e. The van der Waals surface area contributed by atoms with Gasteiger partial charge >= 0.3 is 0 Å². The van der Waals surface area contributed by atoms with Crippen LogP contribution in [0.25, 0.3) is 0 Å². The minimum absolute atomic E-state index is 0. The smallest absolute Gasteiger partial charge is 0.224 e. The van der Waals surface area contributed by atoms with Gasteiger partial charge in [0.15, 0.2) is 0 Å². The zero-order valence-corrected chi connectivity index (χ0v) is 18.8. The Labute approximate surface area is 187 Å². The van der Waals surface area contributed by atoms with E-state index >= 15 is 0 Å². The number of carbonyl (C=O) groups excluding carboxylic acids is 1. The number of nitrogens with two attached hydrogens (primary N) is 1. The molecule has 1 aliphatic carbocycles. The molecule has 0 aromatic heterocycles. The quantitative estimate of drug-likeness (QED) is 0.759. The van der Waals surface area contributed by atoms with E-state index in [-0.39, 0.29) is 30.4 Å². The fraction of sp³-hybridized carbons (Fsp3) is 0.682. The molecule has 1 amide bonds. The molecule has 1 saturated carbocycles. The summed E-state index contributed by atoms with van der Waals surface area (Å²) < 4.78 is 5.55. The molecule has 3 aliphatic rings. The molecular formula is C22H35Cl2N3O2. The van der Waals surface area contributed by atoms with Crippen molar-refractivity contribution in [3.05, 3.63) is 35.9 Å². The van der Waals surface area contributed by atoms with Crippen molar-refractivity contribution < 1.29 is 9.53 Å². The Morgan fingerprint density at radius 2 is 1.72 bits per heavy atom. The largest absolute Gasteiger partial charge is 0.379 e. The summed E-state index contributed by atoms with van der Waals surface area (Å²) in [7, 11) is 0. The van der Waals surface area contributed by atoms with Crippen LogP contribution in [0.2, 0.25) is 0 Å². The zero-order chi connectivity index (χ0) is 18.7. The van der Waals surface area contributed by atoms with E-state index in [1.54, 1.807) is 0 Å². The van der Waals surface area contributed by atoms with Crippen LogP contribution in [0.15, 0.2) is 30.3 Å². The number of likely N-dealkylation sites (tertiary alicyclic amines) is 1. The molecule has 29 heavy (non-hydrogen) atoms. The van der Waals surface area contributed by atoms with Gasteiger partial charge in [-0.3, -0.25) is 9.69 Å². The van der Waals surface area contributed by atoms with Gasteiger partial charge in [-0.2, -0.15) is 0 Å². The minimum Gasteiger partial charge on any atom is -0.379 e. The van der Waals surface area contributed by atoms with E-state index in [0.29, 0.717) is 30.7 Å². The minimum atomic E-state index is 0. The van der Waals surface area contributed by atoms with Gasteiger partial charge in [0.05, 0.1) is 13.2 Å². The van der Waals surface area contributed by atoms with E-state index in [1.807, 2.05) is 6.07 Å². The van der Waals surface area contributed by atoms with Crippen molar-refractivity contribution in [2.24, 2.45) is 11.7 Å². The van der Waals surface area contributed by atoms with Crippen molar-refractivity contribution in [1.82, 2.24) is 9.80 Å². The average molecular weight is 444 g/mol. The Bertz CT molecular complexity index is 634. The van der Waals surface area contributed by atoms with Gasteiger partial charge in [-0.05, 0) is 30.9 Å².